The van der Waals surface area contributed by atoms with E-state index in [9.17, 15) is 8.42 Å². The van der Waals surface area contributed by atoms with Gasteiger partial charge in [-0.25, -0.2) is 13.4 Å². The van der Waals surface area contributed by atoms with Crippen molar-refractivity contribution in [3.8, 4) is 5.75 Å². The van der Waals surface area contributed by atoms with Crippen molar-refractivity contribution < 1.29 is 13.2 Å². The van der Waals surface area contributed by atoms with Crippen LogP contribution in [0.2, 0.25) is 0 Å². The highest BCUT2D eigenvalue weighted by atomic mass is 32.2. The molecule has 0 bridgehead atoms. The molecule has 0 aliphatic rings. The molecule has 1 aromatic heterocycles. The number of rotatable bonds is 4. The van der Waals surface area contributed by atoms with Crippen LogP contribution in [0.4, 0.5) is 5.69 Å². The first-order valence-electron chi connectivity index (χ1n) is 6.99. The number of nitrogens with one attached hydrogen (secondary N) is 1. The van der Waals surface area contributed by atoms with Gasteiger partial charge in [-0.3, -0.25) is 4.72 Å². The first-order valence-corrected chi connectivity index (χ1v) is 8.47. The second kappa shape index (κ2) is 5.58. The van der Waals surface area contributed by atoms with Gasteiger partial charge in [0.25, 0.3) is 10.0 Å². The minimum Gasteiger partial charge on any atom is -0.497 e. The number of aromatic nitrogens is 2. The van der Waals surface area contributed by atoms with Gasteiger partial charge in [-0.2, -0.15) is 0 Å². The van der Waals surface area contributed by atoms with Gasteiger partial charge in [0.1, 0.15) is 5.75 Å². The fourth-order valence-corrected chi connectivity index (χ4v) is 3.74. The first-order chi connectivity index (χ1) is 10.9. The van der Waals surface area contributed by atoms with Crippen molar-refractivity contribution in [3.63, 3.8) is 0 Å². The van der Waals surface area contributed by atoms with Crippen LogP contribution in [0.1, 0.15) is 5.56 Å². The zero-order valence-electron chi connectivity index (χ0n) is 13.1. The Labute approximate surface area is 134 Å². The fraction of sp³-hybridized carbons (Fsp3) is 0.188. The molecule has 2 aromatic carbocycles. The zero-order chi connectivity index (χ0) is 16.6. The third-order valence-corrected chi connectivity index (χ3v) is 5.19. The topological polar surface area (TPSA) is 73.2 Å². The molecule has 0 amide bonds. The van der Waals surface area contributed by atoms with Crippen LogP contribution in [0.3, 0.4) is 0 Å². The standard InChI is InChI=1S/C16H17N3O3S/c1-11-8-13(22-3)5-7-16(11)23(20,21)18-12-4-6-15-14(9-12)17-10-19(15)2/h4-10,18H,1-3H3. The third-order valence-electron chi connectivity index (χ3n) is 3.65. The number of benzene rings is 2. The molecule has 0 unspecified atom stereocenters. The van der Waals surface area contributed by atoms with Gasteiger partial charge in [0.05, 0.1) is 35.1 Å². The van der Waals surface area contributed by atoms with Crippen LogP contribution in [0.5, 0.6) is 5.75 Å². The number of nitrogens with zero attached hydrogens (tertiary/aromatic N) is 2. The third kappa shape index (κ3) is 2.87. The molecule has 6 nitrogen and oxygen atoms in total. The van der Waals surface area contributed by atoms with Crippen LogP contribution >= 0.6 is 0 Å². The van der Waals surface area contributed by atoms with E-state index in [2.05, 4.69) is 9.71 Å². The van der Waals surface area contributed by atoms with Crippen LogP contribution in [0.15, 0.2) is 47.6 Å². The van der Waals surface area contributed by atoms with E-state index in [0.29, 0.717) is 17.0 Å². The lowest BCUT2D eigenvalue weighted by Crippen LogP contribution is -2.14. The molecule has 1 N–H and O–H groups in total. The summed E-state index contributed by atoms with van der Waals surface area (Å²) in [6.07, 6.45) is 1.69. The summed E-state index contributed by atoms with van der Waals surface area (Å²) in [6.45, 7) is 1.74. The number of hydrogen-bond donors (Lipinski definition) is 1. The Morgan fingerprint density at radius 3 is 2.65 bits per heavy atom. The van der Waals surface area contributed by atoms with E-state index in [1.165, 1.54) is 6.07 Å². The van der Waals surface area contributed by atoms with Crippen molar-refractivity contribution in [1.29, 1.82) is 0 Å². The molecule has 23 heavy (non-hydrogen) atoms. The van der Waals surface area contributed by atoms with Crippen molar-refractivity contribution >= 4 is 26.7 Å². The van der Waals surface area contributed by atoms with Gasteiger partial charge in [-0.05, 0) is 48.9 Å². The Kier molecular flexibility index (Phi) is 3.73. The van der Waals surface area contributed by atoms with Crippen molar-refractivity contribution in [3.05, 3.63) is 48.3 Å². The number of sulfonamides is 1. The van der Waals surface area contributed by atoms with Gasteiger partial charge in [0.15, 0.2) is 0 Å². The lowest BCUT2D eigenvalue weighted by molar-refractivity contribution is 0.414. The average molecular weight is 331 g/mol. The lowest BCUT2D eigenvalue weighted by atomic mass is 10.2. The molecule has 0 fully saturated rings. The number of fused-ring (bicyclic) bond motifs is 1. The minimum absolute atomic E-state index is 0.222. The summed E-state index contributed by atoms with van der Waals surface area (Å²) < 4.78 is 34.7. The lowest BCUT2D eigenvalue weighted by Gasteiger charge is -2.11. The van der Waals surface area contributed by atoms with E-state index >= 15 is 0 Å². The van der Waals surface area contributed by atoms with Crippen LogP contribution < -0.4 is 9.46 Å². The van der Waals surface area contributed by atoms with E-state index < -0.39 is 10.0 Å². The molecule has 0 aliphatic carbocycles. The van der Waals surface area contributed by atoms with E-state index in [1.54, 1.807) is 44.6 Å². The maximum absolute atomic E-state index is 12.6. The van der Waals surface area contributed by atoms with Gasteiger partial charge >= 0.3 is 0 Å². The van der Waals surface area contributed by atoms with Gasteiger partial charge in [-0.1, -0.05) is 0 Å². The molecule has 0 atom stereocenters. The molecule has 0 saturated heterocycles. The fourth-order valence-electron chi connectivity index (χ4n) is 2.46. The molecule has 0 aliphatic heterocycles. The molecule has 0 saturated carbocycles. The molecule has 7 heteroatoms. The predicted octanol–water partition coefficient (Wildman–Crippen LogP) is 2.69. The molecule has 0 radical (unpaired) electrons. The summed E-state index contributed by atoms with van der Waals surface area (Å²) in [6, 6.07) is 10.1. The van der Waals surface area contributed by atoms with E-state index in [1.807, 2.05) is 17.7 Å². The summed E-state index contributed by atoms with van der Waals surface area (Å²) in [7, 11) is -0.237. The number of methoxy groups -OCH3 is 1. The van der Waals surface area contributed by atoms with Gasteiger partial charge in [0, 0.05) is 7.05 Å². The van der Waals surface area contributed by atoms with Crippen LogP contribution in [-0.4, -0.2) is 25.1 Å². The highest BCUT2D eigenvalue weighted by molar-refractivity contribution is 7.92. The van der Waals surface area contributed by atoms with Gasteiger partial charge < -0.3 is 9.30 Å². The molecular formula is C16H17N3O3S. The van der Waals surface area contributed by atoms with E-state index in [4.69, 9.17) is 4.74 Å². The Morgan fingerprint density at radius 1 is 1.17 bits per heavy atom. The number of imidazole rings is 1. The summed E-state index contributed by atoms with van der Waals surface area (Å²) in [5.41, 5.74) is 2.77. The number of ether oxygens (including phenoxy) is 1. The van der Waals surface area contributed by atoms with Crippen LogP contribution in [0.25, 0.3) is 11.0 Å². The molecule has 3 aromatic rings. The summed E-state index contributed by atoms with van der Waals surface area (Å²) in [4.78, 5) is 4.46. The van der Waals surface area contributed by atoms with Crippen molar-refractivity contribution in [2.45, 2.75) is 11.8 Å². The monoisotopic (exact) mass is 331 g/mol. The normalized spacial score (nSPS) is 11.6. The molecule has 1 heterocycles. The average Bonchev–Trinajstić information content (AvgIpc) is 2.87. The maximum atomic E-state index is 12.6. The second-order valence-corrected chi connectivity index (χ2v) is 6.95. The summed E-state index contributed by atoms with van der Waals surface area (Å²) in [5.74, 6) is 0.622. The Bertz CT molecular complexity index is 977. The first kappa shape index (κ1) is 15.4. The Balaban J connectivity index is 1.96. The summed E-state index contributed by atoms with van der Waals surface area (Å²) in [5, 5.41) is 0. The molecule has 0 spiro atoms. The minimum atomic E-state index is -3.67. The number of anilines is 1. The molecule has 3 rings (SSSR count). The second-order valence-electron chi connectivity index (χ2n) is 5.30. The largest absolute Gasteiger partial charge is 0.497 e. The van der Waals surface area contributed by atoms with Crippen LogP contribution in [0, 0.1) is 6.92 Å². The quantitative estimate of drug-likeness (QED) is 0.798. The smallest absolute Gasteiger partial charge is 0.262 e. The highest BCUT2D eigenvalue weighted by Crippen LogP contribution is 2.24. The van der Waals surface area contributed by atoms with Gasteiger partial charge in [0.2, 0.25) is 0 Å². The zero-order valence-corrected chi connectivity index (χ0v) is 13.9. The van der Waals surface area contributed by atoms with E-state index in [-0.39, 0.29) is 4.90 Å². The Morgan fingerprint density at radius 2 is 1.96 bits per heavy atom. The maximum Gasteiger partial charge on any atom is 0.262 e. The number of aryl methyl sites for hydroxylation is 2. The highest BCUT2D eigenvalue weighted by Gasteiger charge is 2.17. The summed E-state index contributed by atoms with van der Waals surface area (Å²) >= 11 is 0. The van der Waals surface area contributed by atoms with Crippen LogP contribution in [-0.2, 0) is 17.1 Å². The predicted molar refractivity (Wildman–Crippen MR) is 89.3 cm³/mol. The Hall–Kier alpha value is -2.54. The molecule has 120 valence electrons. The van der Waals surface area contributed by atoms with Crippen molar-refractivity contribution in [1.82, 2.24) is 9.55 Å². The molecular weight excluding hydrogens is 314 g/mol. The number of hydrogen-bond acceptors (Lipinski definition) is 4. The van der Waals surface area contributed by atoms with Crippen molar-refractivity contribution in [2.75, 3.05) is 11.8 Å². The SMILES string of the molecule is COc1ccc(S(=O)(=O)Nc2ccc3c(c2)ncn3C)c(C)c1. The van der Waals surface area contributed by atoms with E-state index in [0.717, 1.165) is 11.0 Å². The van der Waals surface area contributed by atoms with Crippen molar-refractivity contribution in [2.24, 2.45) is 7.05 Å². The van der Waals surface area contributed by atoms with Gasteiger partial charge in [-0.15, -0.1) is 0 Å².